The van der Waals surface area contributed by atoms with E-state index >= 15 is 0 Å². The van der Waals surface area contributed by atoms with E-state index in [2.05, 4.69) is 35.9 Å². The molecule has 4 atom stereocenters. The van der Waals surface area contributed by atoms with E-state index < -0.39 is 0 Å². The van der Waals surface area contributed by atoms with Gasteiger partial charge in [-0.15, -0.1) is 0 Å². The van der Waals surface area contributed by atoms with E-state index in [0.717, 1.165) is 24.0 Å². The van der Waals surface area contributed by atoms with Crippen LogP contribution in [-0.4, -0.2) is 60.1 Å². The molecule has 2 heterocycles. The quantitative estimate of drug-likeness (QED) is 0.819. The summed E-state index contributed by atoms with van der Waals surface area (Å²) in [7, 11) is 0. The van der Waals surface area contributed by atoms with Crippen molar-refractivity contribution in [3.05, 3.63) is 0 Å². The van der Waals surface area contributed by atoms with Crippen LogP contribution in [0.4, 0.5) is 0 Å². The van der Waals surface area contributed by atoms with Crippen LogP contribution in [0.3, 0.4) is 0 Å². The summed E-state index contributed by atoms with van der Waals surface area (Å²) in [4.78, 5) is 5.51. The fraction of sp³-hybridized carbons (Fsp3) is 1.00. The average molecular weight is 265 g/mol. The molecule has 19 heavy (non-hydrogen) atoms. The van der Waals surface area contributed by atoms with E-state index in [4.69, 9.17) is 0 Å². The summed E-state index contributed by atoms with van der Waals surface area (Å²) < 4.78 is 0. The van der Waals surface area contributed by atoms with Gasteiger partial charge in [-0.25, -0.2) is 0 Å². The lowest BCUT2D eigenvalue weighted by molar-refractivity contribution is 0.0170. The van der Waals surface area contributed by atoms with E-state index in [-0.39, 0.29) is 0 Å². The zero-order valence-corrected chi connectivity index (χ0v) is 12.9. The molecule has 0 amide bonds. The first-order valence-corrected chi connectivity index (χ1v) is 8.38. The topological polar surface area (TPSA) is 18.5 Å². The number of nitrogens with zero attached hydrogens (tertiary/aromatic N) is 2. The van der Waals surface area contributed by atoms with Crippen molar-refractivity contribution in [2.75, 3.05) is 26.2 Å². The average Bonchev–Trinajstić information content (AvgIpc) is 3.12. The summed E-state index contributed by atoms with van der Waals surface area (Å²) in [6.07, 6.45) is 5.64. The Bertz CT molecular complexity index is 302. The van der Waals surface area contributed by atoms with E-state index in [0.29, 0.717) is 6.04 Å². The summed E-state index contributed by atoms with van der Waals surface area (Å²) in [5.74, 6) is 0.760. The van der Waals surface area contributed by atoms with Gasteiger partial charge in [-0.3, -0.25) is 9.80 Å². The Morgan fingerprint density at radius 1 is 1.16 bits per heavy atom. The Morgan fingerprint density at radius 3 is 2.68 bits per heavy atom. The third kappa shape index (κ3) is 3.14. The van der Waals surface area contributed by atoms with Gasteiger partial charge in [0.05, 0.1) is 0 Å². The highest BCUT2D eigenvalue weighted by Crippen LogP contribution is 2.28. The van der Waals surface area contributed by atoms with Gasteiger partial charge in [-0.05, 0) is 58.5 Å². The fourth-order valence-corrected chi connectivity index (χ4v) is 3.91. The summed E-state index contributed by atoms with van der Waals surface area (Å²) in [6, 6.07) is 3.14. The molecule has 3 rings (SSSR count). The Labute approximate surface area is 118 Å². The summed E-state index contributed by atoms with van der Waals surface area (Å²) in [6.45, 7) is 12.4. The van der Waals surface area contributed by atoms with Crippen LogP contribution >= 0.6 is 0 Å². The molecule has 0 aromatic rings. The molecule has 0 spiro atoms. The second-order valence-electron chi connectivity index (χ2n) is 7.24. The van der Waals surface area contributed by atoms with Crippen molar-refractivity contribution in [2.45, 2.75) is 70.6 Å². The van der Waals surface area contributed by atoms with Crippen LogP contribution in [-0.2, 0) is 0 Å². The van der Waals surface area contributed by atoms with Crippen molar-refractivity contribution in [1.82, 2.24) is 15.1 Å². The van der Waals surface area contributed by atoms with Gasteiger partial charge >= 0.3 is 0 Å². The summed E-state index contributed by atoms with van der Waals surface area (Å²) in [5, 5.41) is 3.70. The molecular weight excluding hydrogens is 234 g/mol. The molecular formula is C16H31N3. The lowest BCUT2D eigenvalue weighted by atomic mass is 9.97. The maximum atomic E-state index is 3.70. The first-order chi connectivity index (χ1) is 9.15. The van der Waals surface area contributed by atoms with Crippen molar-refractivity contribution in [3.63, 3.8) is 0 Å². The van der Waals surface area contributed by atoms with Gasteiger partial charge < -0.3 is 5.32 Å². The Kier molecular flexibility index (Phi) is 4.16. The molecule has 1 N–H and O–H groups in total. The van der Waals surface area contributed by atoms with E-state index in [9.17, 15) is 0 Å². The number of fused-ring (bicyclic) bond motifs is 1. The van der Waals surface area contributed by atoms with Gasteiger partial charge in [0.2, 0.25) is 0 Å². The van der Waals surface area contributed by atoms with Crippen molar-refractivity contribution in [1.29, 1.82) is 0 Å². The summed E-state index contributed by atoms with van der Waals surface area (Å²) >= 11 is 0. The molecule has 2 aliphatic heterocycles. The van der Waals surface area contributed by atoms with Crippen LogP contribution < -0.4 is 5.32 Å². The monoisotopic (exact) mass is 265 g/mol. The first-order valence-electron chi connectivity index (χ1n) is 8.38. The predicted octanol–water partition coefficient (Wildman–Crippen LogP) is 1.93. The fourth-order valence-electron chi connectivity index (χ4n) is 3.91. The maximum Gasteiger partial charge on any atom is 0.0224 e. The molecule has 3 aliphatic rings. The van der Waals surface area contributed by atoms with Crippen molar-refractivity contribution >= 4 is 0 Å². The first kappa shape index (κ1) is 13.8. The summed E-state index contributed by atoms with van der Waals surface area (Å²) in [5.41, 5.74) is 0. The van der Waals surface area contributed by atoms with Gasteiger partial charge in [0.25, 0.3) is 0 Å². The van der Waals surface area contributed by atoms with Crippen LogP contribution in [0.2, 0.25) is 0 Å². The smallest absolute Gasteiger partial charge is 0.0224 e. The highest BCUT2D eigenvalue weighted by molar-refractivity contribution is 4.93. The highest BCUT2D eigenvalue weighted by atomic mass is 15.3. The minimum absolute atomic E-state index is 0.712. The Balaban J connectivity index is 1.53. The molecule has 0 bridgehead atoms. The van der Waals surface area contributed by atoms with E-state index in [1.165, 1.54) is 51.9 Å². The number of hydrogen-bond donors (Lipinski definition) is 1. The van der Waals surface area contributed by atoms with Gasteiger partial charge in [-0.1, -0.05) is 6.92 Å². The maximum absolute atomic E-state index is 3.70. The minimum atomic E-state index is 0.712. The molecule has 110 valence electrons. The number of rotatable bonds is 5. The lowest BCUT2D eigenvalue weighted by Crippen LogP contribution is -2.59. The minimum Gasteiger partial charge on any atom is -0.314 e. The van der Waals surface area contributed by atoms with E-state index in [1.807, 2.05) is 0 Å². The molecule has 1 saturated carbocycles. The number of nitrogens with one attached hydrogen (secondary N) is 1. The molecule has 2 saturated heterocycles. The van der Waals surface area contributed by atoms with Gasteiger partial charge in [0.15, 0.2) is 0 Å². The number of hydrogen-bond acceptors (Lipinski definition) is 3. The molecule has 3 fully saturated rings. The Hall–Kier alpha value is -0.120. The zero-order valence-electron chi connectivity index (χ0n) is 12.9. The molecule has 3 nitrogen and oxygen atoms in total. The second-order valence-corrected chi connectivity index (χ2v) is 7.24. The van der Waals surface area contributed by atoms with Crippen LogP contribution in [0.25, 0.3) is 0 Å². The SMILES string of the molecule is CC(CNC1CC1)C(C)N1CC2CCCN2CC1C. The molecule has 0 aromatic carbocycles. The van der Waals surface area contributed by atoms with E-state index in [1.54, 1.807) is 0 Å². The predicted molar refractivity (Wildman–Crippen MR) is 80.4 cm³/mol. The van der Waals surface area contributed by atoms with Crippen LogP contribution in [0.15, 0.2) is 0 Å². The lowest BCUT2D eigenvalue weighted by Gasteiger charge is -2.46. The molecule has 4 unspecified atom stereocenters. The third-order valence-electron chi connectivity index (χ3n) is 5.64. The van der Waals surface area contributed by atoms with Crippen LogP contribution in [0, 0.1) is 5.92 Å². The largest absolute Gasteiger partial charge is 0.314 e. The van der Waals surface area contributed by atoms with Crippen molar-refractivity contribution in [2.24, 2.45) is 5.92 Å². The molecule has 0 aromatic heterocycles. The standard InChI is InChI=1S/C16H31N3/c1-12(9-17-15-6-7-15)14(3)19-11-16-5-4-8-18(16)10-13(19)2/h12-17H,4-11H2,1-3H3. The highest BCUT2D eigenvalue weighted by Gasteiger charge is 2.37. The molecule has 1 aliphatic carbocycles. The molecule has 3 heteroatoms. The number of piperazine rings is 1. The Morgan fingerprint density at radius 2 is 1.95 bits per heavy atom. The zero-order chi connectivity index (χ0) is 13.4. The van der Waals surface area contributed by atoms with Crippen LogP contribution in [0.1, 0.15) is 46.5 Å². The normalized spacial score (nSPS) is 36.2. The van der Waals surface area contributed by atoms with Crippen molar-refractivity contribution in [3.8, 4) is 0 Å². The second kappa shape index (κ2) is 5.71. The van der Waals surface area contributed by atoms with Gasteiger partial charge in [0, 0.05) is 37.3 Å². The van der Waals surface area contributed by atoms with Gasteiger partial charge in [-0.2, -0.15) is 0 Å². The van der Waals surface area contributed by atoms with Gasteiger partial charge in [0.1, 0.15) is 0 Å². The van der Waals surface area contributed by atoms with Crippen molar-refractivity contribution < 1.29 is 0 Å². The molecule has 0 radical (unpaired) electrons. The third-order valence-corrected chi connectivity index (χ3v) is 5.64. The van der Waals surface area contributed by atoms with Crippen LogP contribution in [0.5, 0.6) is 0 Å².